The van der Waals surface area contributed by atoms with Gasteiger partial charge in [-0.2, -0.15) is 5.10 Å². The van der Waals surface area contributed by atoms with E-state index in [4.69, 9.17) is 9.15 Å². The van der Waals surface area contributed by atoms with Crippen LogP contribution in [0.25, 0.3) is 28.6 Å². The number of pyridine rings is 1. The molecule has 0 aliphatic rings. The lowest BCUT2D eigenvalue weighted by Crippen LogP contribution is -2.17. The molecule has 0 aliphatic carbocycles. The summed E-state index contributed by atoms with van der Waals surface area (Å²) < 4.78 is 53.8. The van der Waals surface area contributed by atoms with E-state index >= 15 is 0 Å². The first-order chi connectivity index (χ1) is 13.9. The molecule has 0 spiro atoms. The molecule has 12 heteroatoms. The largest absolute Gasteiger partial charge is 0.573 e. The highest BCUT2D eigenvalue weighted by Crippen LogP contribution is 2.33. The zero-order chi connectivity index (χ0) is 20.4. The van der Waals surface area contributed by atoms with Crippen LogP contribution in [-0.4, -0.2) is 43.4 Å². The number of ether oxygens (including phenoxy) is 2. The monoisotopic (exact) mass is 404 g/mol. The third-order valence-electron chi connectivity index (χ3n) is 3.72. The van der Waals surface area contributed by atoms with Crippen molar-refractivity contribution in [3.8, 4) is 40.2 Å². The van der Waals surface area contributed by atoms with Crippen LogP contribution in [0, 0.1) is 0 Å². The Labute approximate surface area is 160 Å². The van der Waals surface area contributed by atoms with Crippen molar-refractivity contribution in [3.05, 3.63) is 49.2 Å². The summed E-state index contributed by atoms with van der Waals surface area (Å²) in [6, 6.07) is 6.93. The highest BCUT2D eigenvalue weighted by molar-refractivity contribution is 5.69. The number of halogens is 3. The molecule has 4 rings (SSSR count). The van der Waals surface area contributed by atoms with Gasteiger partial charge in [0.15, 0.2) is 0 Å². The minimum Gasteiger partial charge on any atom is -0.481 e. The van der Waals surface area contributed by atoms with Crippen LogP contribution in [-0.2, 0) is 0 Å². The van der Waals surface area contributed by atoms with Crippen LogP contribution in [0.2, 0.25) is 0 Å². The Hall–Kier alpha value is -3.96. The van der Waals surface area contributed by atoms with Crippen LogP contribution in [0.4, 0.5) is 13.2 Å². The summed E-state index contributed by atoms with van der Waals surface area (Å²) in [6.07, 6.45) is -0.710. The van der Waals surface area contributed by atoms with Gasteiger partial charge >= 0.3 is 6.36 Å². The highest BCUT2D eigenvalue weighted by Gasteiger charge is 2.31. The van der Waals surface area contributed by atoms with Crippen molar-refractivity contribution in [1.29, 1.82) is 0 Å². The number of hydrogen-bond acceptors (Lipinski definition) is 8. The van der Waals surface area contributed by atoms with Gasteiger partial charge in [-0.25, -0.2) is 14.6 Å². The maximum absolute atomic E-state index is 12.6. The van der Waals surface area contributed by atoms with Crippen LogP contribution < -0.4 is 9.47 Å². The molecule has 0 saturated carbocycles. The molecule has 0 N–H and O–H groups in total. The Morgan fingerprint density at radius 1 is 1.07 bits per heavy atom. The van der Waals surface area contributed by atoms with Crippen LogP contribution in [0.1, 0.15) is 0 Å². The predicted octanol–water partition coefficient (Wildman–Crippen LogP) is 3.29. The van der Waals surface area contributed by atoms with Crippen LogP contribution in [0.5, 0.6) is 11.6 Å². The fourth-order valence-electron chi connectivity index (χ4n) is 2.49. The molecule has 0 bridgehead atoms. The van der Waals surface area contributed by atoms with E-state index in [0.29, 0.717) is 17.1 Å². The molecule has 0 unspecified atom stereocenters. The van der Waals surface area contributed by atoms with E-state index < -0.39 is 12.1 Å². The van der Waals surface area contributed by atoms with Crippen molar-refractivity contribution in [3.63, 3.8) is 0 Å². The molecular weight excluding hydrogens is 393 g/mol. The van der Waals surface area contributed by atoms with E-state index in [-0.39, 0.29) is 17.3 Å². The second-order valence-corrected chi connectivity index (χ2v) is 5.57. The minimum absolute atomic E-state index is 0.0334. The van der Waals surface area contributed by atoms with Gasteiger partial charge in [0.25, 0.3) is 0 Å². The molecule has 1 aromatic carbocycles. The Morgan fingerprint density at radius 2 is 1.90 bits per heavy atom. The molecular formula is C17H11F3N6O3. The third kappa shape index (κ3) is 4.00. The summed E-state index contributed by atoms with van der Waals surface area (Å²) >= 11 is 0. The van der Waals surface area contributed by atoms with E-state index in [1.807, 2.05) is 0 Å². The zero-order valence-electron chi connectivity index (χ0n) is 14.7. The minimum atomic E-state index is -4.85. The summed E-state index contributed by atoms with van der Waals surface area (Å²) in [5, 5.41) is 11.9. The summed E-state index contributed by atoms with van der Waals surface area (Å²) in [7, 11) is 1.48. The van der Waals surface area contributed by atoms with Gasteiger partial charge < -0.3 is 13.9 Å². The van der Waals surface area contributed by atoms with Crippen molar-refractivity contribution in [2.75, 3.05) is 7.11 Å². The average molecular weight is 404 g/mol. The topological polar surface area (TPSA) is 101 Å². The third-order valence-corrected chi connectivity index (χ3v) is 3.72. The number of benzene rings is 1. The van der Waals surface area contributed by atoms with Crippen molar-refractivity contribution in [2.45, 2.75) is 6.36 Å². The Bertz CT molecular complexity index is 1110. The molecule has 0 amide bonds. The fourth-order valence-corrected chi connectivity index (χ4v) is 2.49. The molecule has 3 aromatic heterocycles. The molecule has 0 atom stereocenters. The number of nitrogens with zero attached hydrogens (tertiary/aromatic N) is 6. The van der Waals surface area contributed by atoms with Gasteiger partial charge in [0.05, 0.1) is 23.9 Å². The van der Waals surface area contributed by atoms with E-state index in [1.54, 1.807) is 12.1 Å². The van der Waals surface area contributed by atoms with Crippen LogP contribution >= 0.6 is 0 Å². The van der Waals surface area contributed by atoms with Gasteiger partial charge in [0, 0.05) is 12.3 Å². The SMILES string of the molecule is COc1ccc(-c2nnc(-c3cc(OC(F)(F)F)ccc3-n3cncn3)o2)cn1. The van der Waals surface area contributed by atoms with E-state index in [2.05, 4.69) is 30.0 Å². The predicted molar refractivity (Wildman–Crippen MR) is 91.1 cm³/mol. The molecule has 0 saturated heterocycles. The number of methoxy groups -OCH3 is 1. The van der Waals surface area contributed by atoms with Crippen LogP contribution in [0.3, 0.4) is 0 Å². The first kappa shape index (κ1) is 18.4. The fraction of sp³-hybridized carbons (Fsp3) is 0.118. The standard InChI is InChI=1S/C17H11F3N6O3/c1-27-14-5-2-10(7-22-14)15-24-25-16(28-15)12-6-11(29-17(18,19)20)3-4-13(12)26-9-21-8-23-26/h2-9H,1H3. The highest BCUT2D eigenvalue weighted by atomic mass is 19.4. The molecule has 148 valence electrons. The van der Waals surface area contributed by atoms with Gasteiger partial charge in [-0.3, -0.25) is 0 Å². The molecule has 0 radical (unpaired) electrons. The van der Waals surface area contributed by atoms with Crippen molar-refractivity contribution in [2.24, 2.45) is 0 Å². The molecule has 0 fully saturated rings. The molecule has 9 nitrogen and oxygen atoms in total. The van der Waals surface area contributed by atoms with Gasteiger partial charge in [0.1, 0.15) is 18.4 Å². The first-order valence-electron chi connectivity index (χ1n) is 8.02. The second-order valence-electron chi connectivity index (χ2n) is 5.57. The average Bonchev–Trinajstić information content (AvgIpc) is 3.39. The summed E-state index contributed by atoms with van der Waals surface area (Å²) in [6.45, 7) is 0. The van der Waals surface area contributed by atoms with E-state index in [1.165, 1.54) is 36.7 Å². The van der Waals surface area contributed by atoms with Crippen molar-refractivity contribution in [1.82, 2.24) is 29.9 Å². The Balaban J connectivity index is 1.76. The van der Waals surface area contributed by atoms with Gasteiger partial charge in [-0.05, 0) is 24.3 Å². The van der Waals surface area contributed by atoms with Crippen molar-refractivity contribution < 1.29 is 27.1 Å². The summed E-state index contributed by atoms with van der Waals surface area (Å²) in [5.41, 5.74) is 1.06. The maximum Gasteiger partial charge on any atom is 0.573 e. The number of hydrogen-bond donors (Lipinski definition) is 0. The lowest BCUT2D eigenvalue weighted by atomic mass is 10.1. The molecule has 4 aromatic rings. The van der Waals surface area contributed by atoms with Crippen molar-refractivity contribution >= 4 is 0 Å². The Kier molecular flexibility index (Phi) is 4.58. The Morgan fingerprint density at radius 3 is 2.55 bits per heavy atom. The lowest BCUT2D eigenvalue weighted by Gasteiger charge is -2.11. The second kappa shape index (κ2) is 7.22. The first-order valence-corrected chi connectivity index (χ1v) is 8.02. The zero-order valence-corrected chi connectivity index (χ0v) is 14.7. The van der Waals surface area contributed by atoms with Crippen LogP contribution in [0.15, 0.2) is 53.6 Å². The number of aromatic nitrogens is 6. The van der Waals surface area contributed by atoms with Gasteiger partial charge in [-0.1, -0.05) is 0 Å². The normalized spacial score (nSPS) is 11.4. The number of alkyl halides is 3. The number of rotatable bonds is 5. The maximum atomic E-state index is 12.6. The molecule has 3 heterocycles. The molecule has 0 aliphatic heterocycles. The van der Waals surface area contributed by atoms with E-state index in [9.17, 15) is 13.2 Å². The van der Waals surface area contributed by atoms with Gasteiger partial charge in [0.2, 0.25) is 17.7 Å². The summed E-state index contributed by atoms with van der Waals surface area (Å²) in [4.78, 5) is 7.89. The van der Waals surface area contributed by atoms with E-state index in [0.717, 1.165) is 12.1 Å². The molecule has 29 heavy (non-hydrogen) atoms. The lowest BCUT2D eigenvalue weighted by molar-refractivity contribution is -0.274. The smallest absolute Gasteiger partial charge is 0.481 e. The quantitative estimate of drug-likeness (QED) is 0.500. The summed E-state index contributed by atoms with van der Waals surface area (Å²) in [5.74, 6) is 0.0527. The van der Waals surface area contributed by atoms with Gasteiger partial charge in [-0.15, -0.1) is 23.4 Å².